The second-order valence-corrected chi connectivity index (χ2v) is 13.0. The quantitative estimate of drug-likeness (QED) is 0.354. The largest absolute Gasteiger partial charge is 0.380 e. The highest BCUT2D eigenvalue weighted by Crippen LogP contribution is 2.46. The maximum atomic E-state index is 13.7. The minimum Gasteiger partial charge on any atom is -0.380 e. The van der Waals surface area contributed by atoms with Crippen molar-refractivity contribution in [3.05, 3.63) is 95.2 Å². The monoisotopic (exact) mass is 624 g/mol. The summed E-state index contributed by atoms with van der Waals surface area (Å²) in [6, 6.07) is 10.9. The highest BCUT2D eigenvalue weighted by molar-refractivity contribution is 6.25. The summed E-state index contributed by atoms with van der Waals surface area (Å²) in [6.07, 6.45) is 9.65. The van der Waals surface area contributed by atoms with Crippen LogP contribution in [-0.2, 0) is 22.6 Å². The van der Waals surface area contributed by atoms with E-state index in [4.69, 9.17) is 0 Å². The number of piperidine rings is 2. The molecular formula is C35H37FN6O4. The van der Waals surface area contributed by atoms with Crippen LogP contribution in [-0.4, -0.2) is 62.3 Å². The molecule has 0 spiro atoms. The Morgan fingerprint density at radius 3 is 2.48 bits per heavy atom. The zero-order valence-electron chi connectivity index (χ0n) is 25.6. The lowest BCUT2D eigenvalue weighted by Crippen LogP contribution is -2.51. The number of anilines is 1. The third kappa shape index (κ3) is 5.37. The molecule has 4 heterocycles. The first-order valence-corrected chi connectivity index (χ1v) is 16.0. The Kier molecular flexibility index (Phi) is 7.70. The highest BCUT2D eigenvalue weighted by atomic mass is 19.1. The standard InChI is InChI=1S/C35H37FN6O4/c1-22-6-11-29(31(43)39-22)42-32(44)27-4-2-5-28(30(27)33(42)45)37-19-24-20-38-41(21-24)26-12-16-40(17-13-26)34(46)35(14-3-15-35)18-23-7-9-25(36)10-8-23/h2,4-5,7-10,20-21,26,29,37H,1,3,6,11-19H2,(H,39,43). The molecule has 4 aliphatic rings. The van der Waals surface area contributed by atoms with Crippen molar-refractivity contribution in [1.82, 2.24) is 24.9 Å². The third-order valence-electron chi connectivity index (χ3n) is 10.1. The number of nitrogens with zero attached hydrogens (tertiary/aromatic N) is 4. The van der Waals surface area contributed by atoms with Crippen molar-refractivity contribution in [1.29, 1.82) is 0 Å². The van der Waals surface area contributed by atoms with Crippen LogP contribution in [0.2, 0.25) is 0 Å². The molecule has 1 saturated carbocycles. The van der Waals surface area contributed by atoms with Gasteiger partial charge in [0.15, 0.2) is 0 Å². The van der Waals surface area contributed by atoms with Crippen LogP contribution in [0.4, 0.5) is 10.1 Å². The first-order chi connectivity index (χ1) is 22.2. The van der Waals surface area contributed by atoms with E-state index in [0.29, 0.717) is 50.3 Å². The predicted octanol–water partition coefficient (Wildman–Crippen LogP) is 4.60. The van der Waals surface area contributed by atoms with Gasteiger partial charge in [-0.3, -0.25) is 28.8 Å². The molecule has 2 aromatic carbocycles. The van der Waals surface area contributed by atoms with E-state index in [0.717, 1.165) is 48.1 Å². The van der Waals surface area contributed by atoms with Gasteiger partial charge in [-0.2, -0.15) is 5.10 Å². The number of halogens is 1. The molecular weight excluding hydrogens is 587 g/mol. The molecule has 3 fully saturated rings. The first-order valence-electron chi connectivity index (χ1n) is 16.0. The summed E-state index contributed by atoms with van der Waals surface area (Å²) < 4.78 is 15.4. The van der Waals surface area contributed by atoms with Crippen LogP contribution in [0.5, 0.6) is 0 Å². The molecule has 1 aromatic heterocycles. The van der Waals surface area contributed by atoms with Crippen molar-refractivity contribution >= 4 is 29.3 Å². The number of carbonyl (C=O) groups is 4. The van der Waals surface area contributed by atoms with Gasteiger partial charge in [0.05, 0.1) is 28.8 Å². The van der Waals surface area contributed by atoms with Gasteiger partial charge >= 0.3 is 0 Å². The molecule has 10 nitrogen and oxygen atoms in total. The Morgan fingerprint density at radius 2 is 1.78 bits per heavy atom. The van der Waals surface area contributed by atoms with Crippen molar-refractivity contribution in [2.24, 2.45) is 5.41 Å². The average Bonchev–Trinajstić information content (AvgIpc) is 3.61. The molecule has 7 rings (SSSR count). The lowest BCUT2D eigenvalue weighted by molar-refractivity contribution is -0.149. The van der Waals surface area contributed by atoms with Crippen molar-refractivity contribution in [3.63, 3.8) is 0 Å². The number of rotatable bonds is 8. The van der Waals surface area contributed by atoms with E-state index in [9.17, 15) is 23.6 Å². The molecule has 3 aromatic rings. The van der Waals surface area contributed by atoms with E-state index in [1.54, 1.807) is 36.5 Å². The number of hydrogen-bond acceptors (Lipinski definition) is 6. The molecule has 0 bridgehead atoms. The summed E-state index contributed by atoms with van der Waals surface area (Å²) in [7, 11) is 0. The molecule has 46 heavy (non-hydrogen) atoms. The Bertz CT molecular complexity index is 1720. The van der Waals surface area contributed by atoms with Gasteiger partial charge in [0.2, 0.25) is 11.8 Å². The molecule has 0 radical (unpaired) electrons. The van der Waals surface area contributed by atoms with Crippen LogP contribution in [0.3, 0.4) is 0 Å². The molecule has 238 valence electrons. The van der Waals surface area contributed by atoms with E-state index in [1.807, 2.05) is 15.8 Å². The summed E-state index contributed by atoms with van der Waals surface area (Å²) in [4.78, 5) is 55.9. The van der Waals surface area contributed by atoms with Crippen LogP contribution in [0.1, 0.15) is 82.8 Å². The number of benzene rings is 2. The fourth-order valence-electron chi connectivity index (χ4n) is 7.34. The van der Waals surface area contributed by atoms with E-state index in [-0.39, 0.29) is 34.3 Å². The van der Waals surface area contributed by atoms with Crippen LogP contribution in [0.15, 0.2) is 67.1 Å². The van der Waals surface area contributed by atoms with Crippen LogP contribution in [0.25, 0.3) is 0 Å². The molecule has 1 aliphatic carbocycles. The van der Waals surface area contributed by atoms with Gasteiger partial charge in [0.1, 0.15) is 11.9 Å². The van der Waals surface area contributed by atoms with Gasteiger partial charge in [-0.1, -0.05) is 31.2 Å². The van der Waals surface area contributed by atoms with Gasteiger partial charge < -0.3 is 15.5 Å². The zero-order valence-corrected chi connectivity index (χ0v) is 25.6. The van der Waals surface area contributed by atoms with E-state index in [2.05, 4.69) is 22.3 Å². The Hall–Kier alpha value is -4.80. The Labute approximate surface area is 266 Å². The molecule has 1 unspecified atom stereocenters. The number of carbonyl (C=O) groups excluding carboxylic acids is 4. The molecule has 2 N–H and O–H groups in total. The lowest BCUT2D eigenvalue weighted by atomic mass is 9.64. The highest BCUT2D eigenvalue weighted by Gasteiger charge is 2.47. The van der Waals surface area contributed by atoms with E-state index in [1.165, 1.54) is 12.1 Å². The average molecular weight is 625 g/mol. The van der Waals surface area contributed by atoms with E-state index < -0.39 is 23.8 Å². The Balaban J connectivity index is 0.961. The fourth-order valence-corrected chi connectivity index (χ4v) is 7.34. The van der Waals surface area contributed by atoms with Gasteiger partial charge in [-0.25, -0.2) is 4.39 Å². The minimum atomic E-state index is -0.861. The number of nitrogens with one attached hydrogen (secondary N) is 2. The lowest BCUT2D eigenvalue weighted by Gasteiger charge is -2.45. The number of imide groups is 1. The van der Waals surface area contributed by atoms with Gasteiger partial charge in [0.25, 0.3) is 11.8 Å². The number of amides is 4. The van der Waals surface area contributed by atoms with Crippen molar-refractivity contribution in [2.75, 3.05) is 18.4 Å². The summed E-state index contributed by atoms with van der Waals surface area (Å²) >= 11 is 0. The number of allylic oxidation sites excluding steroid dienone is 1. The fraction of sp³-hybridized carbons (Fsp3) is 0.400. The smallest absolute Gasteiger partial charge is 0.264 e. The maximum Gasteiger partial charge on any atom is 0.264 e. The van der Waals surface area contributed by atoms with E-state index >= 15 is 0 Å². The predicted molar refractivity (Wildman–Crippen MR) is 168 cm³/mol. The molecule has 4 amide bonds. The maximum absolute atomic E-state index is 13.7. The van der Waals surface area contributed by atoms with Crippen molar-refractivity contribution in [3.8, 4) is 0 Å². The first kappa shape index (κ1) is 29.9. The van der Waals surface area contributed by atoms with Crippen LogP contribution < -0.4 is 10.6 Å². The number of fused-ring (bicyclic) bond motifs is 1. The second-order valence-electron chi connectivity index (χ2n) is 13.0. The third-order valence-corrected chi connectivity index (χ3v) is 10.1. The summed E-state index contributed by atoms with van der Waals surface area (Å²) in [5, 5.41) is 10.6. The molecule has 3 aliphatic heterocycles. The SMILES string of the molecule is C=C1CCC(N2C(=O)c3cccc(NCc4cnn(C5CCN(C(=O)C6(Cc7ccc(F)cc7)CCC6)CC5)c4)c3C2=O)C(=O)N1. The zero-order chi connectivity index (χ0) is 32.0. The van der Waals surface area contributed by atoms with Gasteiger partial charge in [-0.05, 0) is 74.8 Å². The molecule has 1 atom stereocenters. The van der Waals surface area contributed by atoms with Gasteiger partial charge in [0, 0.05) is 42.8 Å². The van der Waals surface area contributed by atoms with Crippen LogP contribution in [0, 0.1) is 11.2 Å². The number of hydrogen-bond donors (Lipinski definition) is 2. The molecule has 11 heteroatoms. The van der Waals surface area contributed by atoms with Crippen molar-refractivity contribution < 1.29 is 23.6 Å². The second kappa shape index (κ2) is 11.9. The Morgan fingerprint density at radius 1 is 1.02 bits per heavy atom. The number of likely N-dealkylation sites (tertiary alicyclic amines) is 1. The van der Waals surface area contributed by atoms with Gasteiger partial charge in [-0.15, -0.1) is 0 Å². The molecule has 2 saturated heterocycles. The topological polar surface area (TPSA) is 117 Å². The summed E-state index contributed by atoms with van der Waals surface area (Å²) in [5.41, 5.74) is 3.21. The minimum absolute atomic E-state index is 0.165. The number of aromatic nitrogens is 2. The van der Waals surface area contributed by atoms with Crippen LogP contribution >= 0.6 is 0 Å². The summed E-state index contributed by atoms with van der Waals surface area (Å²) in [6.45, 7) is 5.50. The normalized spacial score (nSPS) is 21.2. The van der Waals surface area contributed by atoms with Crippen molar-refractivity contribution in [2.45, 2.75) is 70.0 Å². The summed E-state index contributed by atoms with van der Waals surface area (Å²) in [5.74, 6) is -1.39.